The van der Waals surface area contributed by atoms with E-state index in [4.69, 9.17) is 0 Å². The lowest BCUT2D eigenvalue weighted by Gasteiger charge is -2.24. The lowest BCUT2D eigenvalue weighted by Crippen LogP contribution is -2.16. The summed E-state index contributed by atoms with van der Waals surface area (Å²) in [6, 6.07) is 55.9. The van der Waals surface area contributed by atoms with E-state index in [1.165, 1.54) is 98.3 Å². The number of hydrogen-bond donors (Lipinski definition) is 1. The van der Waals surface area contributed by atoms with Crippen LogP contribution in [0.4, 0.5) is 5.69 Å². The molecule has 1 nitrogen and oxygen atoms in total. The molecule has 0 aliphatic heterocycles. The van der Waals surface area contributed by atoms with Gasteiger partial charge in [0.2, 0.25) is 0 Å². The number of benzene rings is 7. The van der Waals surface area contributed by atoms with E-state index < -0.39 is 0 Å². The van der Waals surface area contributed by atoms with Crippen LogP contribution in [0, 0.1) is 5.92 Å². The second-order valence-electron chi connectivity index (χ2n) is 17.1. The zero-order valence-electron chi connectivity index (χ0n) is 33.4. The Balaban J connectivity index is 0.000000139. The molecule has 0 amide bonds. The number of rotatable bonds is 4. The molecule has 0 spiro atoms. The van der Waals surface area contributed by atoms with Gasteiger partial charge in [-0.05, 0) is 128 Å². The second kappa shape index (κ2) is 13.6. The molecule has 11 rings (SSSR count). The summed E-state index contributed by atoms with van der Waals surface area (Å²) in [6.45, 7) is 11.7. The predicted octanol–water partition coefficient (Wildman–Crippen LogP) is 15.6. The zero-order chi connectivity index (χ0) is 38.9. The molecule has 0 bridgehead atoms. The first kappa shape index (κ1) is 35.5. The molecule has 57 heavy (non-hydrogen) atoms. The van der Waals surface area contributed by atoms with E-state index >= 15 is 0 Å². The summed E-state index contributed by atoms with van der Waals surface area (Å²) in [4.78, 5) is 0. The summed E-state index contributed by atoms with van der Waals surface area (Å²) >= 11 is 1.88. The molecule has 0 fully saturated rings. The van der Waals surface area contributed by atoms with Crippen LogP contribution in [0.5, 0.6) is 0 Å². The first-order chi connectivity index (χ1) is 27.7. The minimum absolute atomic E-state index is 0.0143. The van der Waals surface area contributed by atoms with Gasteiger partial charge >= 0.3 is 0 Å². The van der Waals surface area contributed by atoms with E-state index in [2.05, 4.69) is 210 Å². The quantitative estimate of drug-likeness (QED) is 0.189. The third-order valence-corrected chi connectivity index (χ3v) is 13.9. The summed E-state index contributed by atoms with van der Waals surface area (Å²) in [7, 11) is 0. The van der Waals surface area contributed by atoms with E-state index in [-0.39, 0.29) is 10.8 Å². The number of allylic oxidation sites excluding steroid dienone is 4. The van der Waals surface area contributed by atoms with Crippen LogP contribution < -0.4 is 5.32 Å². The lowest BCUT2D eigenvalue weighted by molar-refractivity contribution is 0.660. The van der Waals surface area contributed by atoms with Crippen molar-refractivity contribution in [1.29, 1.82) is 0 Å². The van der Waals surface area contributed by atoms with E-state index in [1.807, 2.05) is 11.3 Å². The molecule has 1 N–H and O–H groups in total. The Morgan fingerprint density at radius 3 is 1.81 bits per heavy atom. The molecule has 0 radical (unpaired) electrons. The standard InChI is InChI=1S/C28H27N.C27H20S/c1-19-9-7-8-12-27(19)29-22-14-16-24-23-15-13-21(20-10-5-4-6-11-20)17-25(23)28(2,3)26(24)18-22;1-27(2)23-9-5-3-7-19(23)20-13-11-18(16-24(20)27)17-12-14-26-22(15-17)21-8-4-6-10-25(21)28-26/h4-8,10-19,29H,9H2,1-3H3;3-16H,1-2H3. The van der Waals surface area contributed by atoms with Crippen LogP contribution in [0.25, 0.3) is 64.7 Å². The zero-order valence-corrected chi connectivity index (χ0v) is 34.2. The Bertz CT molecular complexity index is 2920. The normalized spacial score (nSPS) is 16.6. The molecular formula is C55H47NS. The second-order valence-corrected chi connectivity index (χ2v) is 18.1. The van der Waals surface area contributed by atoms with Crippen molar-refractivity contribution >= 4 is 37.2 Å². The third-order valence-electron chi connectivity index (χ3n) is 12.8. The minimum Gasteiger partial charge on any atom is -0.359 e. The van der Waals surface area contributed by atoms with Gasteiger partial charge < -0.3 is 5.32 Å². The van der Waals surface area contributed by atoms with E-state index in [9.17, 15) is 0 Å². The molecule has 1 aromatic heterocycles. The number of thiophene rings is 1. The monoisotopic (exact) mass is 753 g/mol. The highest BCUT2D eigenvalue weighted by atomic mass is 32.1. The van der Waals surface area contributed by atoms with Crippen molar-refractivity contribution in [2.45, 2.75) is 51.9 Å². The van der Waals surface area contributed by atoms with Crippen molar-refractivity contribution in [3.05, 3.63) is 198 Å². The van der Waals surface area contributed by atoms with E-state index in [0.29, 0.717) is 5.92 Å². The molecule has 1 unspecified atom stereocenters. The van der Waals surface area contributed by atoms with Gasteiger partial charge in [0.1, 0.15) is 0 Å². The van der Waals surface area contributed by atoms with Crippen LogP contribution in [0.3, 0.4) is 0 Å². The van der Waals surface area contributed by atoms with Crippen molar-refractivity contribution in [1.82, 2.24) is 0 Å². The molecule has 0 saturated carbocycles. The summed E-state index contributed by atoms with van der Waals surface area (Å²) < 4.78 is 2.72. The van der Waals surface area contributed by atoms with Gasteiger partial charge in [-0.25, -0.2) is 0 Å². The first-order valence-electron chi connectivity index (χ1n) is 20.3. The molecule has 1 heterocycles. The van der Waals surface area contributed by atoms with Gasteiger partial charge in [0, 0.05) is 42.4 Å². The third kappa shape index (κ3) is 5.97. The van der Waals surface area contributed by atoms with Crippen LogP contribution in [-0.2, 0) is 10.8 Å². The predicted molar refractivity (Wildman–Crippen MR) is 246 cm³/mol. The molecule has 1 atom stereocenters. The summed E-state index contributed by atoms with van der Waals surface area (Å²) in [6.07, 6.45) is 7.69. The largest absolute Gasteiger partial charge is 0.359 e. The first-order valence-corrected chi connectivity index (χ1v) is 21.1. The Morgan fingerprint density at radius 1 is 0.491 bits per heavy atom. The lowest BCUT2D eigenvalue weighted by atomic mass is 9.81. The smallest absolute Gasteiger partial charge is 0.0385 e. The molecular weight excluding hydrogens is 707 g/mol. The molecule has 278 valence electrons. The minimum atomic E-state index is -0.0143. The summed E-state index contributed by atoms with van der Waals surface area (Å²) in [5, 5.41) is 6.39. The highest BCUT2D eigenvalue weighted by Crippen LogP contribution is 2.51. The van der Waals surface area contributed by atoms with Gasteiger partial charge in [-0.3, -0.25) is 0 Å². The van der Waals surface area contributed by atoms with Crippen LogP contribution in [0.1, 0.15) is 63.3 Å². The summed E-state index contributed by atoms with van der Waals surface area (Å²) in [5.41, 5.74) is 18.8. The number of fused-ring (bicyclic) bond motifs is 9. The summed E-state index contributed by atoms with van der Waals surface area (Å²) in [5.74, 6) is 0.534. The van der Waals surface area contributed by atoms with Crippen LogP contribution >= 0.6 is 11.3 Å². The fraction of sp³-hybridized carbons (Fsp3) is 0.164. The Labute approximate surface area is 341 Å². The Morgan fingerprint density at radius 2 is 1.05 bits per heavy atom. The molecule has 7 aromatic carbocycles. The Hall–Kier alpha value is -5.96. The average molecular weight is 754 g/mol. The average Bonchev–Trinajstić information content (AvgIpc) is 3.81. The molecule has 2 heteroatoms. The van der Waals surface area contributed by atoms with Crippen molar-refractivity contribution in [3.8, 4) is 44.5 Å². The maximum atomic E-state index is 3.67. The van der Waals surface area contributed by atoms with Gasteiger partial charge in [0.15, 0.2) is 0 Å². The van der Waals surface area contributed by atoms with Crippen molar-refractivity contribution in [2.24, 2.45) is 5.92 Å². The molecule has 8 aromatic rings. The number of anilines is 1. The van der Waals surface area contributed by atoms with E-state index in [0.717, 1.165) is 6.42 Å². The van der Waals surface area contributed by atoms with Crippen LogP contribution in [0.2, 0.25) is 0 Å². The highest BCUT2D eigenvalue weighted by molar-refractivity contribution is 7.25. The van der Waals surface area contributed by atoms with Crippen LogP contribution in [-0.4, -0.2) is 0 Å². The fourth-order valence-electron chi connectivity index (χ4n) is 9.49. The fourth-order valence-corrected chi connectivity index (χ4v) is 10.6. The molecule has 0 saturated heterocycles. The molecule has 3 aliphatic carbocycles. The maximum Gasteiger partial charge on any atom is 0.0385 e. The topological polar surface area (TPSA) is 12.0 Å². The molecule has 3 aliphatic rings. The van der Waals surface area contributed by atoms with Crippen molar-refractivity contribution in [2.75, 3.05) is 5.32 Å². The maximum absolute atomic E-state index is 3.67. The van der Waals surface area contributed by atoms with Gasteiger partial charge in [-0.15, -0.1) is 11.3 Å². The van der Waals surface area contributed by atoms with Gasteiger partial charge in [0.05, 0.1) is 0 Å². The van der Waals surface area contributed by atoms with Gasteiger partial charge in [0.25, 0.3) is 0 Å². The SMILES string of the molecule is CC1(C)c2ccccc2-c2ccc(-c3ccc4sc5ccccc5c4c3)cc21.CC1CC=CC=C1Nc1ccc2c(c1)C(C)(C)c1cc(-c3ccccc3)ccc1-2. The Kier molecular flexibility index (Phi) is 8.46. The van der Waals surface area contributed by atoms with Gasteiger partial charge in [-0.2, -0.15) is 0 Å². The number of hydrogen-bond acceptors (Lipinski definition) is 2. The van der Waals surface area contributed by atoms with Gasteiger partial charge in [-0.1, -0.05) is 156 Å². The van der Waals surface area contributed by atoms with E-state index in [1.54, 1.807) is 0 Å². The van der Waals surface area contributed by atoms with Crippen molar-refractivity contribution in [3.63, 3.8) is 0 Å². The van der Waals surface area contributed by atoms with Crippen LogP contribution in [0.15, 0.2) is 176 Å². The number of nitrogens with one attached hydrogen (secondary N) is 1. The van der Waals surface area contributed by atoms with Crippen molar-refractivity contribution < 1.29 is 0 Å². The highest BCUT2D eigenvalue weighted by Gasteiger charge is 2.37.